The molecule has 128 valence electrons. The van der Waals surface area contributed by atoms with Gasteiger partial charge in [0.1, 0.15) is 34.7 Å². The lowest BCUT2D eigenvalue weighted by atomic mass is 10.2. The van der Waals surface area contributed by atoms with Crippen molar-refractivity contribution in [1.29, 1.82) is 0 Å². The minimum Gasteiger partial charge on any atom is -0.486 e. The highest BCUT2D eigenvalue weighted by Crippen LogP contribution is 2.16. The third-order valence-corrected chi connectivity index (χ3v) is 4.18. The molecule has 3 aromatic rings. The fourth-order valence-electron chi connectivity index (χ4n) is 2.07. The molecule has 1 amide bonds. The smallest absolute Gasteiger partial charge is 0.271 e. The number of benzene rings is 2. The van der Waals surface area contributed by atoms with E-state index in [1.165, 1.54) is 41.7 Å². The summed E-state index contributed by atoms with van der Waals surface area (Å²) in [5.41, 5.74) is 0.657. The molecule has 0 bridgehead atoms. The Bertz CT molecular complexity index is 866. The normalized spacial score (nSPS) is 10.5. The topological polar surface area (TPSA) is 51.2 Å². The molecule has 1 heterocycles. The van der Waals surface area contributed by atoms with Crippen molar-refractivity contribution in [3.8, 4) is 5.75 Å². The van der Waals surface area contributed by atoms with Gasteiger partial charge in [-0.25, -0.2) is 13.8 Å². The fourth-order valence-corrected chi connectivity index (χ4v) is 2.75. The second-order valence-corrected chi connectivity index (χ2v) is 6.09. The molecule has 0 fully saturated rings. The Balaban J connectivity index is 1.54. The van der Waals surface area contributed by atoms with Crippen LogP contribution in [-0.2, 0) is 13.2 Å². The number of aromatic nitrogens is 1. The molecule has 0 unspecified atom stereocenters. The van der Waals surface area contributed by atoms with Crippen LogP contribution in [0.2, 0.25) is 0 Å². The van der Waals surface area contributed by atoms with Gasteiger partial charge in [-0.15, -0.1) is 11.3 Å². The summed E-state index contributed by atoms with van der Waals surface area (Å²) in [6.45, 7) is 0.265. The number of carbonyl (C=O) groups excluding carboxylic acids is 1. The summed E-state index contributed by atoms with van der Waals surface area (Å²) < 4.78 is 31.8. The number of nitrogens with zero attached hydrogens (tertiary/aromatic N) is 1. The van der Waals surface area contributed by atoms with Crippen molar-refractivity contribution in [3.63, 3.8) is 0 Å². The van der Waals surface area contributed by atoms with Crippen LogP contribution in [0.25, 0.3) is 0 Å². The SMILES string of the molecule is O=C(NCc1ccccc1F)c1csc(COc2ccc(F)cc2)n1. The van der Waals surface area contributed by atoms with Crippen molar-refractivity contribution in [2.45, 2.75) is 13.2 Å². The van der Waals surface area contributed by atoms with Crippen LogP contribution in [-0.4, -0.2) is 10.9 Å². The lowest BCUT2D eigenvalue weighted by Crippen LogP contribution is -2.23. The monoisotopic (exact) mass is 360 g/mol. The molecule has 3 rings (SSSR count). The maximum Gasteiger partial charge on any atom is 0.271 e. The van der Waals surface area contributed by atoms with Gasteiger partial charge >= 0.3 is 0 Å². The highest BCUT2D eigenvalue weighted by atomic mass is 32.1. The zero-order valence-electron chi connectivity index (χ0n) is 13.0. The first kappa shape index (κ1) is 17.0. The molecule has 0 atom stereocenters. The summed E-state index contributed by atoms with van der Waals surface area (Å²) >= 11 is 1.28. The second-order valence-electron chi connectivity index (χ2n) is 5.14. The third kappa shape index (κ3) is 4.60. The largest absolute Gasteiger partial charge is 0.486 e. The molecule has 0 saturated carbocycles. The number of carbonyl (C=O) groups is 1. The number of ether oxygens (including phenoxy) is 1. The highest BCUT2D eigenvalue weighted by Gasteiger charge is 2.12. The van der Waals surface area contributed by atoms with Crippen LogP contribution in [0, 0.1) is 11.6 Å². The van der Waals surface area contributed by atoms with Gasteiger partial charge in [0.25, 0.3) is 5.91 Å². The molecular formula is C18H14F2N2O2S. The van der Waals surface area contributed by atoms with E-state index in [1.807, 2.05) is 0 Å². The number of rotatable bonds is 6. The van der Waals surface area contributed by atoms with Crippen LogP contribution < -0.4 is 10.1 Å². The van der Waals surface area contributed by atoms with Crippen LogP contribution in [0.5, 0.6) is 5.75 Å². The predicted molar refractivity (Wildman–Crippen MR) is 90.4 cm³/mol. The molecule has 0 spiro atoms. The average molecular weight is 360 g/mol. The van der Waals surface area contributed by atoms with Gasteiger partial charge < -0.3 is 10.1 Å². The van der Waals surface area contributed by atoms with Crippen molar-refractivity contribution >= 4 is 17.2 Å². The van der Waals surface area contributed by atoms with E-state index in [1.54, 1.807) is 23.6 Å². The number of hydrogen-bond donors (Lipinski definition) is 1. The van der Waals surface area contributed by atoms with Crippen molar-refractivity contribution in [2.75, 3.05) is 0 Å². The van der Waals surface area contributed by atoms with Gasteiger partial charge in [-0.05, 0) is 30.3 Å². The van der Waals surface area contributed by atoms with E-state index in [-0.39, 0.29) is 36.4 Å². The van der Waals surface area contributed by atoms with E-state index in [2.05, 4.69) is 10.3 Å². The first-order valence-electron chi connectivity index (χ1n) is 7.46. The van der Waals surface area contributed by atoms with E-state index in [0.717, 1.165) is 0 Å². The van der Waals surface area contributed by atoms with E-state index >= 15 is 0 Å². The molecule has 0 aliphatic carbocycles. The Morgan fingerprint density at radius 1 is 1.12 bits per heavy atom. The Labute approximate surface area is 147 Å². The number of hydrogen-bond acceptors (Lipinski definition) is 4. The quantitative estimate of drug-likeness (QED) is 0.725. The first-order valence-corrected chi connectivity index (χ1v) is 8.34. The molecule has 0 aliphatic heterocycles. The molecule has 7 heteroatoms. The first-order chi connectivity index (χ1) is 12.1. The molecule has 1 N–H and O–H groups in total. The van der Waals surface area contributed by atoms with Crippen molar-refractivity contribution in [1.82, 2.24) is 10.3 Å². The standard InChI is InChI=1S/C18H14F2N2O2S/c19-13-5-7-14(8-6-13)24-10-17-22-16(11-25-17)18(23)21-9-12-3-1-2-4-15(12)20/h1-8,11H,9-10H2,(H,21,23). The van der Waals surface area contributed by atoms with E-state index < -0.39 is 0 Å². The zero-order chi connectivity index (χ0) is 17.6. The molecule has 0 radical (unpaired) electrons. The summed E-state index contributed by atoms with van der Waals surface area (Å²) in [5.74, 6) is -0.570. The number of halogens is 2. The Hall–Kier alpha value is -2.80. The summed E-state index contributed by atoms with van der Waals surface area (Å²) in [5, 5.41) is 4.85. The molecular weight excluding hydrogens is 346 g/mol. The van der Waals surface area contributed by atoms with E-state index in [0.29, 0.717) is 16.3 Å². The van der Waals surface area contributed by atoms with Gasteiger partial charge in [0, 0.05) is 17.5 Å². The van der Waals surface area contributed by atoms with Gasteiger partial charge in [0.2, 0.25) is 0 Å². The summed E-state index contributed by atoms with van der Waals surface area (Å²) in [7, 11) is 0. The lowest BCUT2D eigenvalue weighted by molar-refractivity contribution is 0.0946. The van der Waals surface area contributed by atoms with Gasteiger partial charge in [0.15, 0.2) is 0 Å². The minimum absolute atomic E-state index is 0.0877. The molecule has 2 aromatic carbocycles. The molecule has 25 heavy (non-hydrogen) atoms. The predicted octanol–water partition coefficient (Wildman–Crippen LogP) is 3.93. The highest BCUT2D eigenvalue weighted by molar-refractivity contribution is 7.09. The van der Waals surface area contributed by atoms with Crippen molar-refractivity contribution in [2.24, 2.45) is 0 Å². The average Bonchev–Trinajstić information content (AvgIpc) is 3.09. The van der Waals surface area contributed by atoms with Gasteiger partial charge in [-0.1, -0.05) is 18.2 Å². The van der Waals surface area contributed by atoms with Crippen molar-refractivity contribution in [3.05, 3.63) is 81.8 Å². The Morgan fingerprint density at radius 2 is 1.88 bits per heavy atom. The molecule has 1 aromatic heterocycles. The number of amides is 1. The van der Waals surface area contributed by atoms with E-state index in [4.69, 9.17) is 4.74 Å². The maximum absolute atomic E-state index is 13.5. The molecule has 4 nitrogen and oxygen atoms in total. The van der Waals surface area contributed by atoms with Crippen LogP contribution in [0.3, 0.4) is 0 Å². The van der Waals surface area contributed by atoms with Gasteiger partial charge in [0.05, 0.1) is 0 Å². The summed E-state index contributed by atoms with van der Waals surface area (Å²) in [6.07, 6.45) is 0. The maximum atomic E-state index is 13.5. The van der Waals surface area contributed by atoms with Crippen LogP contribution >= 0.6 is 11.3 Å². The summed E-state index contributed by atoms with van der Waals surface area (Å²) in [4.78, 5) is 16.3. The Morgan fingerprint density at radius 3 is 2.64 bits per heavy atom. The molecule has 0 aliphatic rings. The van der Waals surface area contributed by atoms with E-state index in [9.17, 15) is 13.6 Å². The minimum atomic E-state index is -0.382. The Kier molecular flexibility index (Phi) is 5.35. The van der Waals surface area contributed by atoms with Crippen molar-refractivity contribution < 1.29 is 18.3 Å². The third-order valence-electron chi connectivity index (χ3n) is 3.36. The van der Waals surface area contributed by atoms with Gasteiger partial charge in [-0.2, -0.15) is 0 Å². The molecule has 0 saturated heterocycles. The van der Waals surface area contributed by atoms with Crippen LogP contribution in [0.15, 0.2) is 53.9 Å². The lowest BCUT2D eigenvalue weighted by Gasteiger charge is -2.05. The zero-order valence-corrected chi connectivity index (χ0v) is 13.9. The number of nitrogens with one attached hydrogen (secondary N) is 1. The second kappa shape index (κ2) is 7.85. The number of thiazole rings is 1. The van der Waals surface area contributed by atoms with Crippen LogP contribution in [0.4, 0.5) is 8.78 Å². The van der Waals surface area contributed by atoms with Gasteiger partial charge in [-0.3, -0.25) is 4.79 Å². The summed E-state index contributed by atoms with van der Waals surface area (Å²) in [6, 6.07) is 11.9. The fraction of sp³-hybridized carbons (Fsp3) is 0.111. The van der Waals surface area contributed by atoms with Crippen LogP contribution in [0.1, 0.15) is 21.1 Å².